The van der Waals surface area contributed by atoms with E-state index in [1.54, 1.807) is 11.8 Å². The monoisotopic (exact) mass is 530 g/mol. The molecular weight excluding hydrogens is 488 g/mol. The van der Waals surface area contributed by atoms with Gasteiger partial charge in [0.15, 0.2) is 0 Å². The molecule has 0 aliphatic rings. The van der Waals surface area contributed by atoms with E-state index in [9.17, 15) is 0 Å². The van der Waals surface area contributed by atoms with Crippen molar-refractivity contribution in [2.24, 2.45) is 0 Å². The molecule has 0 amide bonds. The average Bonchev–Trinajstić information content (AvgIpc) is 2.98. The minimum atomic E-state index is 1.18. The zero-order valence-electron chi connectivity index (χ0n) is 23.6. The highest BCUT2D eigenvalue weighted by Crippen LogP contribution is 2.28. The fourth-order valence-corrected chi connectivity index (χ4v) is 5.38. The Morgan fingerprint density at radius 1 is 0.410 bits per heavy atom. The number of unbranched alkanes of at least 4 members (excludes halogenated alkanes) is 4. The Bertz CT molecular complexity index is 1190. The second kappa shape index (κ2) is 16.0. The van der Waals surface area contributed by atoms with Gasteiger partial charge in [0.05, 0.1) is 0 Å². The molecule has 0 bridgehead atoms. The molecule has 0 spiro atoms. The van der Waals surface area contributed by atoms with Crippen molar-refractivity contribution in [1.29, 1.82) is 0 Å². The molecule has 1 heteroatoms. The molecule has 0 aromatic heterocycles. The van der Waals surface area contributed by atoms with Crippen molar-refractivity contribution in [2.45, 2.75) is 75.0 Å². The largest absolute Gasteiger partial charge is 0.0901 e. The molecule has 200 valence electrons. The van der Waals surface area contributed by atoms with Gasteiger partial charge >= 0.3 is 0 Å². The quantitative estimate of drug-likeness (QED) is 0.115. The number of aryl methyl sites for hydroxylation is 2. The summed E-state index contributed by atoms with van der Waals surface area (Å²) in [5, 5.41) is 0. The van der Waals surface area contributed by atoms with E-state index in [1.807, 2.05) is 0 Å². The van der Waals surface area contributed by atoms with Gasteiger partial charge in [-0.25, -0.2) is 0 Å². The second-order valence-electron chi connectivity index (χ2n) is 10.3. The van der Waals surface area contributed by atoms with Crippen LogP contribution in [0.25, 0.3) is 24.3 Å². The summed E-state index contributed by atoms with van der Waals surface area (Å²) >= 11 is 1.80. The van der Waals surface area contributed by atoms with E-state index >= 15 is 0 Å². The molecular formula is C38H42S. The molecule has 0 unspecified atom stereocenters. The maximum absolute atomic E-state index is 2.27. The van der Waals surface area contributed by atoms with Crippen LogP contribution >= 0.6 is 11.8 Å². The number of hydrogen-bond acceptors (Lipinski definition) is 1. The first-order valence-electron chi connectivity index (χ1n) is 14.6. The lowest BCUT2D eigenvalue weighted by atomic mass is 10.0. The van der Waals surface area contributed by atoms with Crippen LogP contribution in [0, 0.1) is 0 Å². The molecule has 0 fully saturated rings. The highest BCUT2D eigenvalue weighted by Gasteiger charge is 1.99. The van der Waals surface area contributed by atoms with Gasteiger partial charge in [0.2, 0.25) is 0 Å². The smallest absolute Gasteiger partial charge is 0.0122 e. The van der Waals surface area contributed by atoms with Crippen LogP contribution in [-0.4, -0.2) is 0 Å². The molecule has 0 saturated heterocycles. The number of rotatable bonds is 14. The van der Waals surface area contributed by atoms with E-state index < -0.39 is 0 Å². The van der Waals surface area contributed by atoms with Gasteiger partial charge < -0.3 is 0 Å². The lowest BCUT2D eigenvalue weighted by molar-refractivity contribution is 0.717. The van der Waals surface area contributed by atoms with Gasteiger partial charge in [0.25, 0.3) is 0 Å². The summed E-state index contributed by atoms with van der Waals surface area (Å²) < 4.78 is 0. The summed E-state index contributed by atoms with van der Waals surface area (Å²) in [6, 6.07) is 35.6. The van der Waals surface area contributed by atoms with Gasteiger partial charge in [-0.3, -0.25) is 0 Å². The maximum Gasteiger partial charge on any atom is 0.0122 e. The van der Waals surface area contributed by atoms with Crippen LogP contribution in [0.15, 0.2) is 107 Å². The Hall–Kier alpha value is -3.29. The third kappa shape index (κ3) is 10.1. The van der Waals surface area contributed by atoms with Crippen LogP contribution in [-0.2, 0) is 12.8 Å². The first kappa shape index (κ1) is 28.7. The maximum atomic E-state index is 2.27. The Morgan fingerprint density at radius 3 is 1.03 bits per heavy atom. The first-order valence-corrected chi connectivity index (χ1v) is 15.5. The van der Waals surface area contributed by atoms with Gasteiger partial charge in [-0.2, -0.15) is 0 Å². The summed E-state index contributed by atoms with van der Waals surface area (Å²) in [6.07, 6.45) is 18.9. The standard InChI is InChI=1S/C38H42S/c1-3-5-7-9-31-11-15-33(16-12-31)19-21-35-23-27-37(28-24-35)39-38-29-25-36(26-30-38)22-20-34-17-13-32(14-18-34)10-8-6-4-2/h11-30H,3-10H2,1-2H3. The predicted molar refractivity (Wildman–Crippen MR) is 174 cm³/mol. The minimum Gasteiger partial charge on any atom is -0.0901 e. The Balaban J connectivity index is 1.26. The SMILES string of the molecule is CCCCCc1ccc(C=Cc2ccc(Sc3ccc(C=Cc4ccc(CCCCC)cc4)cc3)cc2)cc1. The zero-order chi connectivity index (χ0) is 27.1. The molecule has 4 rings (SSSR count). The van der Waals surface area contributed by atoms with Gasteiger partial charge in [-0.15, -0.1) is 0 Å². The average molecular weight is 531 g/mol. The van der Waals surface area contributed by atoms with E-state index in [0.717, 1.165) is 0 Å². The van der Waals surface area contributed by atoms with E-state index in [-0.39, 0.29) is 0 Å². The molecule has 0 aliphatic heterocycles. The highest BCUT2D eigenvalue weighted by atomic mass is 32.2. The van der Waals surface area contributed by atoms with Gasteiger partial charge in [-0.05, 0) is 83.3 Å². The van der Waals surface area contributed by atoms with Crippen LogP contribution < -0.4 is 0 Å². The second-order valence-corrected chi connectivity index (χ2v) is 11.5. The molecule has 0 radical (unpaired) electrons. The van der Waals surface area contributed by atoms with E-state index in [4.69, 9.17) is 0 Å². The molecule has 39 heavy (non-hydrogen) atoms. The number of benzene rings is 4. The van der Waals surface area contributed by atoms with Gasteiger partial charge in [0.1, 0.15) is 0 Å². The molecule has 4 aromatic rings. The Kier molecular flexibility index (Phi) is 11.8. The molecule has 0 nitrogen and oxygen atoms in total. The van der Waals surface area contributed by atoms with Crippen molar-refractivity contribution in [3.8, 4) is 0 Å². The molecule has 0 N–H and O–H groups in total. The molecule has 0 aliphatic carbocycles. The summed E-state index contributed by atoms with van der Waals surface area (Å²) in [4.78, 5) is 2.51. The van der Waals surface area contributed by atoms with E-state index in [0.29, 0.717) is 0 Å². The van der Waals surface area contributed by atoms with Crippen LogP contribution in [0.4, 0.5) is 0 Å². The zero-order valence-corrected chi connectivity index (χ0v) is 24.4. The van der Waals surface area contributed by atoms with Crippen molar-refractivity contribution in [2.75, 3.05) is 0 Å². The van der Waals surface area contributed by atoms with Crippen LogP contribution in [0.3, 0.4) is 0 Å². The summed E-state index contributed by atoms with van der Waals surface area (Å²) in [5.41, 5.74) is 7.83. The minimum absolute atomic E-state index is 1.18. The Labute approximate surface area is 240 Å². The first-order chi connectivity index (χ1) is 19.2. The van der Waals surface area contributed by atoms with Crippen molar-refractivity contribution < 1.29 is 0 Å². The molecule has 0 heterocycles. The lowest BCUT2D eigenvalue weighted by Crippen LogP contribution is -1.85. The normalized spacial score (nSPS) is 11.5. The van der Waals surface area contributed by atoms with Crippen molar-refractivity contribution in [1.82, 2.24) is 0 Å². The lowest BCUT2D eigenvalue weighted by Gasteiger charge is -2.04. The van der Waals surface area contributed by atoms with Crippen molar-refractivity contribution in [3.63, 3.8) is 0 Å². The van der Waals surface area contributed by atoms with Gasteiger partial charge in [0, 0.05) is 9.79 Å². The van der Waals surface area contributed by atoms with Crippen LogP contribution in [0.5, 0.6) is 0 Å². The molecule has 4 aromatic carbocycles. The van der Waals surface area contributed by atoms with E-state index in [1.165, 1.54) is 94.5 Å². The van der Waals surface area contributed by atoms with Crippen LogP contribution in [0.1, 0.15) is 85.8 Å². The third-order valence-electron chi connectivity index (χ3n) is 7.03. The molecule has 0 saturated carbocycles. The number of hydrogen-bond donors (Lipinski definition) is 0. The van der Waals surface area contributed by atoms with Gasteiger partial charge in [-0.1, -0.05) is 148 Å². The topological polar surface area (TPSA) is 0 Å². The predicted octanol–water partition coefficient (Wildman–Crippen LogP) is 11.6. The van der Waals surface area contributed by atoms with E-state index in [2.05, 4.69) is 135 Å². The summed E-state index contributed by atoms with van der Waals surface area (Å²) in [5.74, 6) is 0. The van der Waals surface area contributed by atoms with Crippen molar-refractivity contribution >= 4 is 36.1 Å². The van der Waals surface area contributed by atoms with Crippen molar-refractivity contribution in [3.05, 3.63) is 130 Å². The fraction of sp³-hybridized carbons (Fsp3) is 0.263. The molecule has 0 atom stereocenters. The highest BCUT2D eigenvalue weighted by molar-refractivity contribution is 7.99. The fourth-order valence-electron chi connectivity index (χ4n) is 4.56. The summed E-state index contributed by atoms with van der Waals surface area (Å²) in [6.45, 7) is 4.51. The third-order valence-corrected chi connectivity index (χ3v) is 8.05. The Morgan fingerprint density at radius 2 is 0.718 bits per heavy atom. The van der Waals surface area contributed by atoms with Crippen LogP contribution in [0.2, 0.25) is 0 Å². The summed E-state index contributed by atoms with van der Waals surface area (Å²) in [7, 11) is 0.